The standard InChI is InChI=1S/C39H38F3N5O5S/c1-38(2,3)29-15-7-24(19-31(29)45-36(49)43-26-10-8-25(9-11-26)39(40,41)42)17-18-51-28-14-16-30-32(21-28)47(4)34(44-30)22-52-27-12-5-23(6-13-27)20-33-35(48)46-37(50)53-33/h5-16,19,21,48H,17-18,20,22H2,1-4H3,(H,46,50)(H2,43,45,49). The number of aromatic amines is 1. The summed E-state index contributed by atoms with van der Waals surface area (Å²) in [5.74, 6) is 1.95. The third kappa shape index (κ3) is 9.19. The Hall–Kier alpha value is -5.76. The van der Waals surface area contributed by atoms with Crippen molar-refractivity contribution in [3.8, 4) is 17.4 Å². The number of nitrogens with one attached hydrogen (secondary N) is 3. The summed E-state index contributed by atoms with van der Waals surface area (Å²) in [6.07, 6.45) is -3.48. The van der Waals surface area contributed by atoms with E-state index in [2.05, 4.69) is 15.6 Å². The number of rotatable bonds is 11. The first-order valence-electron chi connectivity index (χ1n) is 16.7. The lowest BCUT2D eigenvalue weighted by Gasteiger charge is -2.24. The number of carbonyl (C=O) groups excluding carboxylic acids is 1. The monoisotopic (exact) mass is 745 g/mol. The molecule has 276 valence electrons. The van der Waals surface area contributed by atoms with E-state index in [-0.39, 0.29) is 28.5 Å². The van der Waals surface area contributed by atoms with Crippen molar-refractivity contribution in [1.82, 2.24) is 14.5 Å². The second kappa shape index (κ2) is 15.1. The van der Waals surface area contributed by atoms with E-state index >= 15 is 0 Å². The topological polar surface area (TPSA) is 130 Å². The lowest BCUT2D eigenvalue weighted by atomic mass is 9.85. The van der Waals surface area contributed by atoms with Gasteiger partial charge in [0.1, 0.15) is 23.9 Å². The Morgan fingerprint density at radius 1 is 0.906 bits per heavy atom. The molecule has 0 aliphatic rings. The zero-order valence-electron chi connectivity index (χ0n) is 29.4. The number of thiazole rings is 1. The molecule has 0 fully saturated rings. The van der Waals surface area contributed by atoms with E-state index < -0.39 is 17.8 Å². The number of aromatic nitrogens is 3. The van der Waals surface area contributed by atoms with Crippen LogP contribution in [-0.2, 0) is 38.1 Å². The molecule has 0 unspecified atom stereocenters. The SMILES string of the molecule is Cn1c(COc2ccc(Cc3sc(=O)[nH]c3O)cc2)nc2ccc(OCCc3ccc(C(C)(C)C)c(NC(=O)Nc4ccc(C(F)(F)F)cc4)c3)cc21. The van der Waals surface area contributed by atoms with Crippen LogP contribution in [-0.4, -0.2) is 32.3 Å². The molecule has 0 radical (unpaired) electrons. The van der Waals surface area contributed by atoms with Crippen LogP contribution in [0.1, 0.15) is 53.7 Å². The predicted octanol–water partition coefficient (Wildman–Crippen LogP) is 8.78. The number of nitrogens with zero attached hydrogens (tertiary/aromatic N) is 2. The molecular weight excluding hydrogens is 708 g/mol. The minimum Gasteiger partial charge on any atom is -0.494 e. The number of aryl methyl sites for hydroxylation is 1. The minimum atomic E-state index is -4.46. The number of imidazole rings is 1. The first kappa shape index (κ1) is 37.0. The summed E-state index contributed by atoms with van der Waals surface area (Å²) in [7, 11) is 1.91. The van der Waals surface area contributed by atoms with Gasteiger partial charge in [0.05, 0.1) is 28.1 Å². The van der Waals surface area contributed by atoms with E-state index in [0.29, 0.717) is 41.5 Å². The van der Waals surface area contributed by atoms with Crippen LogP contribution in [0.2, 0.25) is 0 Å². The number of urea groups is 1. The summed E-state index contributed by atoms with van der Waals surface area (Å²) in [6.45, 7) is 6.69. The van der Waals surface area contributed by atoms with Crippen LogP contribution in [0.5, 0.6) is 17.4 Å². The lowest BCUT2D eigenvalue weighted by Crippen LogP contribution is -2.23. The van der Waals surface area contributed by atoms with Crippen molar-refractivity contribution < 1.29 is 32.5 Å². The summed E-state index contributed by atoms with van der Waals surface area (Å²) in [4.78, 5) is 31.7. The fraction of sp³-hybridized carbons (Fsp3) is 0.256. The van der Waals surface area contributed by atoms with E-state index in [0.717, 1.165) is 57.0 Å². The van der Waals surface area contributed by atoms with Crippen LogP contribution in [0.4, 0.5) is 29.3 Å². The van der Waals surface area contributed by atoms with E-state index in [9.17, 15) is 27.9 Å². The van der Waals surface area contributed by atoms with Crippen molar-refractivity contribution in [2.24, 2.45) is 7.05 Å². The van der Waals surface area contributed by atoms with Crippen molar-refractivity contribution in [1.29, 1.82) is 0 Å². The average Bonchev–Trinajstić information content (AvgIpc) is 3.59. The van der Waals surface area contributed by atoms with Gasteiger partial charge >= 0.3 is 17.1 Å². The summed E-state index contributed by atoms with van der Waals surface area (Å²) >= 11 is 0.984. The van der Waals surface area contributed by atoms with Gasteiger partial charge in [-0.05, 0) is 76.7 Å². The number of H-pyrrole nitrogens is 1. The van der Waals surface area contributed by atoms with Gasteiger partial charge < -0.3 is 29.8 Å². The van der Waals surface area contributed by atoms with Crippen LogP contribution in [0.3, 0.4) is 0 Å². The molecule has 4 N–H and O–H groups in total. The molecule has 2 heterocycles. The minimum absolute atomic E-state index is 0.100. The van der Waals surface area contributed by atoms with Gasteiger partial charge in [0, 0.05) is 37.3 Å². The van der Waals surface area contributed by atoms with Gasteiger partial charge in [-0.15, -0.1) is 0 Å². The number of hydrogen-bond donors (Lipinski definition) is 4. The Labute approximate surface area is 307 Å². The Morgan fingerprint density at radius 3 is 2.26 bits per heavy atom. The van der Waals surface area contributed by atoms with Gasteiger partial charge in [0.15, 0.2) is 0 Å². The fourth-order valence-corrected chi connectivity index (χ4v) is 6.52. The molecule has 0 aliphatic carbocycles. The summed E-state index contributed by atoms with van der Waals surface area (Å²) in [5, 5.41) is 15.3. The van der Waals surface area contributed by atoms with Crippen molar-refractivity contribution in [2.75, 3.05) is 17.2 Å². The highest BCUT2D eigenvalue weighted by atomic mass is 32.1. The van der Waals surface area contributed by atoms with Crippen molar-refractivity contribution >= 4 is 39.8 Å². The summed E-state index contributed by atoms with van der Waals surface area (Å²) in [5.41, 5.74) is 4.17. The Morgan fingerprint density at radius 2 is 1.60 bits per heavy atom. The summed E-state index contributed by atoms with van der Waals surface area (Å²) in [6, 6.07) is 22.7. The zero-order chi connectivity index (χ0) is 37.9. The van der Waals surface area contributed by atoms with E-state index in [4.69, 9.17) is 14.5 Å². The third-order valence-electron chi connectivity index (χ3n) is 8.57. The largest absolute Gasteiger partial charge is 0.494 e. The number of benzene rings is 4. The van der Waals surface area contributed by atoms with Gasteiger partial charge in [-0.1, -0.05) is 56.4 Å². The molecule has 0 saturated heterocycles. The molecule has 53 heavy (non-hydrogen) atoms. The van der Waals surface area contributed by atoms with Gasteiger partial charge in [0.25, 0.3) is 0 Å². The van der Waals surface area contributed by atoms with Crippen molar-refractivity contribution in [3.63, 3.8) is 0 Å². The molecule has 6 rings (SSSR count). The van der Waals surface area contributed by atoms with Gasteiger partial charge in [-0.3, -0.25) is 9.78 Å². The van der Waals surface area contributed by atoms with Crippen molar-refractivity contribution in [3.05, 3.63) is 128 Å². The average molecular weight is 746 g/mol. The third-order valence-corrected chi connectivity index (χ3v) is 9.44. The van der Waals surface area contributed by atoms with Crippen LogP contribution < -0.4 is 25.0 Å². The molecule has 14 heteroatoms. The smallest absolute Gasteiger partial charge is 0.416 e. The molecule has 6 aromatic rings. The Kier molecular flexibility index (Phi) is 10.5. The van der Waals surface area contributed by atoms with Crippen molar-refractivity contribution in [2.45, 2.75) is 51.8 Å². The number of anilines is 2. The first-order valence-corrected chi connectivity index (χ1v) is 17.5. The molecule has 2 amide bonds. The molecule has 2 aromatic heterocycles. The number of amides is 2. The normalized spacial score (nSPS) is 11.8. The van der Waals surface area contributed by atoms with Gasteiger partial charge in [-0.25, -0.2) is 9.78 Å². The number of aromatic hydroxyl groups is 1. The Balaban J connectivity index is 1.05. The maximum absolute atomic E-state index is 12.9. The van der Waals surface area contributed by atoms with Gasteiger partial charge in [-0.2, -0.15) is 13.2 Å². The number of carbonyl (C=O) groups is 1. The molecule has 0 aliphatic heterocycles. The van der Waals surface area contributed by atoms with E-state index in [1.807, 2.05) is 93.0 Å². The Bertz CT molecular complexity index is 2290. The van der Waals surface area contributed by atoms with Gasteiger partial charge in [0.2, 0.25) is 5.88 Å². The highest BCUT2D eigenvalue weighted by Gasteiger charge is 2.30. The maximum atomic E-state index is 12.9. The van der Waals surface area contributed by atoms with Crippen LogP contribution >= 0.6 is 11.3 Å². The second-order valence-electron chi connectivity index (χ2n) is 13.5. The molecule has 4 aromatic carbocycles. The predicted molar refractivity (Wildman–Crippen MR) is 199 cm³/mol. The zero-order valence-corrected chi connectivity index (χ0v) is 30.2. The van der Waals surface area contributed by atoms with E-state index in [1.54, 1.807) is 0 Å². The quantitative estimate of drug-likeness (QED) is 0.105. The van der Waals surface area contributed by atoms with Crippen LogP contribution in [0, 0.1) is 0 Å². The van der Waals surface area contributed by atoms with Crippen LogP contribution in [0.15, 0.2) is 89.7 Å². The lowest BCUT2D eigenvalue weighted by molar-refractivity contribution is -0.137. The molecular formula is C39H38F3N5O5S. The fourth-order valence-electron chi connectivity index (χ4n) is 5.77. The number of ether oxygens (including phenoxy) is 2. The first-order chi connectivity index (χ1) is 25.1. The van der Waals surface area contributed by atoms with Crippen LogP contribution in [0.25, 0.3) is 11.0 Å². The molecule has 0 saturated carbocycles. The highest BCUT2D eigenvalue weighted by Crippen LogP contribution is 2.32. The number of halogens is 3. The maximum Gasteiger partial charge on any atom is 0.416 e. The molecule has 10 nitrogen and oxygen atoms in total. The number of fused-ring (bicyclic) bond motifs is 1. The number of alkyl halides is 3. The van der Waals surface area contributed by atoms with E-state index in [1.165, 1.54) is 12.1 Å². The highest BCUT2D eigenvalue weighted by molar-refractivity contribution is 7.09. The molecule has 0 bridgehead atoms. The number of hydrogen-bond acceptors (Lipinski definition) is 7. The molecule has 0 atom stereocenters. The molecule has 0 spiro atoms. The second-order valence-corrected chi connectivity index (χ2v) is 14.6. The summed E-state index contributed by atoms with van der Waals surface area (Å²) < 4.78 is 52.9.